The van der Waals surface area contributed by atoms with Crippen molar-refractivity contribution in [3.05, 3.63) is 45.2 Å². The van der Waals surface area contributed by atoms with Crippen LogP contribution in [0.3, 0.4) is 0 Å². The molecule has 1 amide bonds. The maximum atomic E-state index is 12.9. The topological polar surface area (TPSA) is 59.3 Å². The van der Waals surface area contributed by atoms with Crippen molar-refractivity contribution in [1.29, 1.82) is 0 Å². The third-order valence-electron chi connectivity index (χ3n) is 3.36. The van der Waals surface area contributed by atoms with Crippen molar-refractivity contribution in [2.24, 2.45) is 0 Å². The maximum absolute atomic E-state index is 12.9. The zero-order chi connectivity index (χ0) is 18.7. The van der Waals surface area contributed by atoms with Gasteiger partial charge in [0.1, 0.15) is 0 Å². The van der Waals surface area contributed by atoms with E-state index in [4.69, 9.17) is 11.6 Å². The number of nitrogens with zero attached hydrogens (tertiary/aromatic N) is 3. The number of nitrogens with one attached hydrogen (secondary N) is 1. The second kappa shape index (κ2) is 7.85. The van der Waals surface area contributed by atoms with E-state index >= 15 is 0 Å². The Morgan fingerprint density at radius 3 is 2.88 bits per heavy atom. The fraction of sp³-hybridized carbons (Fsp3) is 0.267. The van der Waals surface area contributed by atoms with E-state index in [9.17, 15) is 18.0 Å². The first-order chi connectivity index (χ1) is 12.3. The normalized spacial score (nSPS) is 11.8. The minimum atomic E-state index is -4.54. The standard InChI is InChI=1S/C15H12ClF3N4OS2/c16-11-6-9(15(17,18)19)7-23-13(11)21-22-14(23)26-8-12(24)20-4-3-10-2-1-5-25-10/h1-2,5-7H,3-4,8H2,(H,20,24). The first-order valence-corrected chi connectivity index (χ1v) is 9.62. The molecule has 0 bridgehead atoms. The molecule has 138 valence electrons. The molecule has 3 aromatic rings. The number of rotatable bonds is 6. The van der Waals surface area contributed by atoms with Crippen molar-refractivity contribution in [1.82, 2.24) is 19.9 Å². The highest BCUT2D eigenvalue weighted by Gasteiger charge is 2.32. The van der Waals surface area contributed by atoms with Crippen molar-refractivity contribution in [2.75, 3.05) is 12.3 Å². The molecule has 0 spiro atoms. The van der Waals surface area contributed by atoms with Crippen LogP contribution in [0.1, 0.15) is 10.4 Å². The Bertz CT molecular complexity index is 912. The molecule has 0 aromatic carbocycles. The average Bonchev–Trinajstić information content (AvgIpc) is 3.22. The summed E-state index contributed by atoms with van der Waals surface area (Å²) in [5.41, 5.74) is -0.794. The Kier molecular flexibility index (Phi) is 5.73. The molecule has 3 rings (SSSR count). The van der Waals surface area contributed by atoms with Gasteiger partial charge in [-0.2, -0.15) is 13.2 Å². The van der Waals surface area contributed by atoms with Crippen molar-refractivity contribution in [2.45, 2.75) is 17.8 Å². The summed E-state index contributed by atoms with van der Waals surface area (Å²) < 4.78 is 39.9. The van der Waals surface area contributed by atoms with Gasteiger partial charge in [0.05, 0.1) is 16.3 Å². The van der Waals surface area contributed by atoms with Gasteiger partial charge in [0, 0.05) is 17.6 Å². The van der Waals surface area contributed by atoms with Gasteiger partial charge < -0.3 is 5.32 Å². The van der Waals surface area contributed by atoms with Crippen molar-refractivity contribution in [3.8, 4) is 0 Å². The van der Waals surface area contributed by atoms with Crippen LogP contribution in [0.5, 0.6) is 0 Å². The molecule has 5 nitrogen and oxygen atoms in total. The number of fused-ring (bicyclic) bond motifs is 1. The van der Waals surface area contributed by atoms with E-state index in [0.29, 0.717) is 6.54 Å². The van der Waals surface area contributed by atoms with E-state index in [1.54, 1.807) is 11.3 Å². The van der Waals surface area contributed by atoms with Crippen molar-refractivity contribution in [3.63, 3.8) is 0 Å². The fourth-order valence-electron chi connectivity index (χ4n) is 2.15. The molecule has 0 fully saturated rings. The zero-order valence-electron chi connectivity index (χ0n) is 13.1. The SMILES string of the molecule is O=C(CSc1nnc2c(Cl)cc(C(F)(F)F)cn12)NCCc1cccs1. The summed E-state index contributed by atoms with van der Waals surface area (Å²) in [5, 5.41) is 12.3. The van der Waals surface area contributed by atoms with Crippen LogP contribution in [0, 0.1) is 0 Å². The third kappa shape index (κ3) is 4.49. The molecule has 3 heterocycles. The van der Waals surface area contributed by atoms with Gasteiger partial charge in [0.2, 0.25) is 5.91 Å². The molecule has 26 heavy (non-hydrogen) atoms. The van der Waals surface area contributed by atoms with Gasteiger partial charge in [-0.05, 0) is 23.9 Å². The van der Waals surface area contributed by atoms with Crippen LogP contribution in [-0.4, -0.2) is 32.8 Å². The third-order valence-corrected chi connectivity index (χ3v) is 5.52. The minimum absolute atomic E-state index is 0.0130. The first kappa shape index (κ1) is 19.0. The second-order valence-electron chi connectivity index (χ2n) is 5.22. The Morgan fingerprint density at radius 1 is 1.38 bits per heavy atom. The number of carbonyl (C=O) groups excluding carboxylic acids is 1. The lowest BCUT2D eigenvalue weighted by atomic mass is 10.3. The zero-order valence-corrected chi connectivity index (χ0v) is 15.5. The van der Waals surface area contributed by atoms with Crippen molar-refractivity contribution < 1.29 is 18.0 Å². The van der Waals surface area contributed by atoms with Crippen LogP contribution < -0.4 is 5.32 Å². The van der Waals surface area contributed by atoms with E-state index < -0.39 is 11.7 Å². The van der Waals surface area contributed by atoms with E-state index in [-0.39, 0.29) is 27.5 Å². The smallest absolute Gasteiger partial charge is 0.355 e. The van der Waals surface area contributed by atoms with Gasteiger partial charge >= 0.3 is 6.18 Å². The number of alkyl halides is 3. The molecular weight excluding hydrogens is 409 g/mol. The molecule has 11 heteroatoms. The summed E-state index contributed by atoms with van der Waals surface area (Å²) >= 11 is 8.45. The van der Waals surface area contributed by atoms with Crippen LogP contribution >= 0.6 is 34.7 Å². The molecule has 0 radical (unpaired) electrons. The Hall–Kier alpha value is -1.78. The first-order valence-electron chi connectivity index (χ1n) is 7.38. The minimum Gasteiger partial charge on any atom is -0.355 e. The van der Waals surface area contributed by atoms with Crippen LogP contribution in [-0.2, 0) is 17.4 Å². The predicted octanol–water partition coefficient (Wildman–Crippen LogP) is 3.91. The monoisotopic (exact) mass is 420 g/mol. The van der Waals surface area contributed by atoms with Gasteiger partial charge in [0.15, 0.2) is 10.8 Å². The molecule has 1 N–H and O–H groups in total. The van der Waals surface area contributed by atoms with Gasteiger partial charge in [0.25, 0.3) is 0 Å². The van der Waals surface area contributed by atoms with Gasteiger partial charge in [-0.3, -0.25) is 9.20 Å². The molecule has 0 aliphatic rings. The van der Waals surface area contributed by atoms with Gasteiger partial charge in [-0.1, -0.05) is 29.4 Å². The number of carbonyl (C=O) groups is 1. The lowest BCUT2D eigenvalue weighted by Gasteiger charge is -2.08. The van der Waals surface area contributed by atoms with E-state index in [0.717, 1.165) is 39.7 Å². The lowest BCUT2D eigenvalue weighted by molar-refractivity contribution is -0.137. The summed E-state index contributed by atoms with van der Waals surface area (Å²) in [5.74, 6) is -0.222. The second-order valence-corrected chi connectivity index (χ2v) is 7.60. The number of aromatic nitrogens is 3. The maximum Gasteiger partial charge on any atom is 0.417 e. The largest absolute Gasteiger partial charge is 0.417 e. The number of hydrogen-bond donors (Lipinski definition) is 1. The molecule has 0 aliphatic heterocycles. The molecule has 3 aromatic heterocycles. The van der Waals surface area contributed by atoms with Crippen LogP contribution in [0.4, 0.5) is 13.2 Å². The highest BCUT2D eigenvalue weighted by molar-refractivity contribution is 7.99. The quantitative estimate of drug-likeness (QED) is 0.614. The average molecular weight is 421 g/mol. The summed E-state index contributed by atoms with van der Waals surface area (Å²) in [7, 11) is 0. The lowest BCUT2D eigenvalue weighted by Crippen LogP contribution is -2.27. The number of halogens is 4. The summed E-state index contributed by atoms with van der Waals surface area (Å²) in [6.45, 7) is 0.491. The Labute approximate surface area is 159 Å². The summed E-state index contributed by atoms with van der Waals surface area (Å²) in [6, 6.07) is 4.72. The number of amides is 1. The molecule has 0 saturated carbocycles. The van der Waals surface area contributed by atoms with Gasteiger partial charge in [-0.15, -0.1) is 21.5 Å². The molecular formula is C15H12ClF3N4OS2. The molecule has 0 unspecified atom stereocenters. The highest BCUT2D eigenvalue weighted by atomic mass is 35.5. The van der Waals surface area contributed by atoms with Crippen LogP contribution in [0.15, 0.2) is 34.9 Å². The summed E-state index contributed by atoms with van der Waals surface area (Å²) in [4.78, 5) is 13.1. The molecule has 0 aliphatic carbocycles. The van der Waals surface area contributed by atoms with Gasteiger partial charge in [-0.25, -0.2) is 0 Å². The number of thiophene rings is 1. The predicted molar refractivity (Wildman–Crippen MR) is 94.8 cm³/mol. The number of thioether (sulfide) groups is 1. The summed E-state index contributed by atoms with van der Waals surface area (Å²) in [6.07, 6.45) is -2.94. The Morgan fingerprint density at radius 2 is 2.19 bits per heavy atom. The highest BCUT2D eigenvalue weighted by Crippen LogP contribution is 2.33. The van der Waals surface area contributed by atoms with Crippen molar-refractivity contribution >= 4 is 46.3 Å². The van der Waals surface area contributed by atoms with E-state index in [2.05, 4.69) is 15.5 Å². The Balaban J connectivity index is 1.63. The fourth-order valence-corrected chi connectivity index (χ4v) is 3.84. The molecule has 0 saturated heterocycles. The molecule has 0 atom stereocenters. The van der Waals surface area contributed by atoms with E-state index in [1.165, 1.54) is 0 Å². The van der Waals surface area contributed by atoms with Crippen LogP contribution in [0.2, 0.25) is 5.02 Å². The van der Waals surface area contributed by atoms with Crippen LogP contribution in [0.25, 0.3) is 5.65 Å². The number of pyridine rings is 1. The van der Waals surface area contributed by atoms with E-state index in [1.807, 2.05) is 17.5 Å². The number of hydrogen-bond acceptors (Lipinski definition) is 5.